The lowest BCUT2D eigenvalue weighted by Crippen LogP contribution is -2.49. The Hall–Kier alpha value is -2.18. The molecule has 1 aliphatic carbocycles. The third-order valence-electron chi connectivity index (χ3n) is 6.34. The number of anilines is 1. The molecule has 0 unspecified atom stereocenters. The maximum atomic E-state index is 13.5. The van der Waals surface area contributed by atoms with Gasteiger partial charge in [0.2, 0.25) is 15.9 Å². The van der Waals surface area contributed by atoms with Gasteiger partial charge in [0.15, 0.2) is 0 Å². The van der Waals surface area contributed by atoms with Crippen LogP contribution in [-0.2, 0) is 34.1 Å². The van der Waals surface area contributed by atoms with Crippen LogP contribution in [0.2, 0.25) is 0 Å². The Morgan fingerprint density at radius 2 is 1.80 bits per heavy atom. The summed E-state index contributed by atoms with van der Waals surface area (Å²) >= 11 is 0. The molecule has 1 heterocycles. The first-order valence-electron chi connectivity index (χ1n) is 11.0. The number of sulfonamides is 1. The number of benzene rings is 2. The van der Waals surface area contributed by atoms with Gasteiger partial charge in [0.05, 0.1) is 4.90 Å². The lowest BCUT2D eigenvalue weighted by Gasteiger charge is -2.34. The fourth-order valence-electron chi connectivity index (χ4n) is 4.63. The number of amides is 1. The third kappa shape index (κ3) is 4.16. The Kier molecular flexibility index (Phi) is 6.25. The number of carbonyl (C=O) groups excluding carboxylic acids is 1. The molecule has 0 aromatic heterocycles. The molecular weight excluding hydrogens is 396 g/mol. The zero-order valence-electron chi connectivity index (χ0n) is 17.6. The summed E-state index contributed by atoms with van der Waals surface area (Å²) in [5.41, 5.74) is 4.20. The van der Waals surface area contributed by atoms with E-state index in [0.717, 1.165) is 61.8 Å². The van der Waals surface area contributed by atoms with Crippen LogP contribution in [0.25, 0.3) is 0 Å². The molecule has 0 saturated carbocycles. The second-order valence-electron chi connectivity index (χ2n) is 8.26. The molecule has 30 heavy (non-hydrogen) atoms. The Labute approximate surface area is 179 Å². The lowest BCUT2D eigenvalue weighted by atomic mass is 9.92. The summed E-state index contributed by atoms with van der Waals surface area (Å²) in [6, 6.07) is 12.5. The molecule has 1 saturated heterocycles. The van der Waals surface area contributed by atoms with E-state index in [2.05, 4.69) is 5.32 Å². The van der Waals surface area contributed by atoms with Crippen molar-refractivity contribution in [2.45, 2.75) is 69.2 Å². The standard InChI is InChI=1S/C24H30N2O3S/c1-2-18-9-5-6-12-22(18)25-24(27)23-13-7-8-16-26(23)30(28,29)21-15-14-19-10-3-4-11-20(19)17-21/h5-6,9,12,14-15,17,23H,2-4,7-8,10-11,13,16H2,1H3,(H,25,27)/t23-/m1/s1. The van der Waals surface area contributed by atoms with Crippen LogP contribution in [0.15, 0.2) is 47.4 Å². The highest BCUT2D eigenvalue weighted by molar-refractivity contribution is 7.89. The van der Waals surface area contributed by atoms with Crippen LogP contribution in [0.3, 0.4) is 0 Å². The summed E-state index contributed by atoms with van der Waals surface area (Å²) < 4.78 is 28.4. The molecule has 1 atom stereocenters. The van der Waals surface area contributed by atoms with Crippen molar-refractivity contribution >= 4 is 21.6 Å². The maximum absolute atomic E-state index is 13.5. The summed E-state index contributed by atoms with van der Waals surface area (Å²) in [5.74, 6) is -0.239. The van der Waals surface area contributed by atoms with Gasteiger partial charge in [-0.1, -0.05) is 37.6 Å². The van der Waals surface area contributed by atoms with Gasteiger partial charge in [-0.05, 0) is 79.8 Å². The number of hydrogen-bond acceptors (Lipinski definition) is 3. The van der Waals surface area contributed by atoms with Crippen LogP contribution in [0.5, 0.6) is 0 Å². The van der Waals surface area contributed by atoms with E-state index in [-0.39, 0.29) is 5.91 Å². The molecule has 2 aromatic rings. The van der Waals surface area contributed by atoms with Crippen molar-refractivity contribution in [1.82, 2.24) is 4.31 Å². The lowest BCUT2D eigenvalue weighted by molar-refractivity contribution is -0.120. The number of piperidine rings is 1. The van der Waals surface area contributed by atoms with E-state index >= 15 is 0 Å². The molecule has 2 aliphatic rings. The molecule has 5 nitrogen and oxygen atoms in total. The second kappa shape index (κ2) is 8.90. The van der Waals surface area contributed by atoms with E-state index in [4.69, 9.17) is 0 Å². The van der Waals surface area contributed by atoms with Crippen LogP contribution in [-0.4, -0.2) is 31.2 Å². The molecule has 0 radical (unpaired) electrons. The van der Waals surface area contributed by atoms with E-state index in [1.54, 1.807) is 6.07 Å². The van der Waals surface area contributed by atoms with Crippen LogP contribution in [0.4, 0.5) is 5.69 Å². The van der Waals surface area contributed by atoms with E-state index < -0.39 is 16.1 Å². The number of fused-ring (bicyclic) bond motifs is 1. The number of para-hydroxylation sites is 1. The fourth-order valence-corrected chi connectivity index (χ4v) is 6.33. The topological polar surface area (TPSA) is 66.5 Å². The van der Waals surface area contributed by atoms with Gasteiger partial charge in [0.1, 0.15) is 6.04 Å². The van der Waals surface area contributed by atoms with E-state index in [1.807, 2.05) is 43.3 Å². The largest absolute Gasteiger partial charge is 0.324 e. The van der Waals surface area contributed by atoms with E-state index in [9.17, 15) is 13.2 Å². The Morgan fingerprint density at radius 3 is 2.60 bits per heavy atom. The zero-order valence-corrected chi connectivity index (χ0v) is 18.4. The van der Waals surface area contributed by atoms with Crippen LogP contribution >= 0.6 is 0 Å². The molecule has 1 N–H and O–H groups in total. The predicted octanol–water partition coefficient (Wildman–Crippen LogP) is 4.31. The first-order valence-corrected chi connectivity index (χ1v) is 12.5. The fraction of sp³-hybridized carbons (Fsp3) is 0.458. The Morgan fingerprint density at radius 1 is 1.03 bits per heavy atom. The Bertz CT molecular complexity index is 1030. The number of rotatable bonds is 5. The van der Waals surface area contributed by atoms with Gasteiger partial charge < -0.3 is 5.32 Å². The number of hydrogen-bond donors (Lipinski definition) is 1. The average Bonchev–Trinajstić information content (AvgIpc) is 2.79. The molecule has 1 aliphatic heterocycles. The van der Waals surface area contributed by atoms with Crippen molar-refractivity contribution in [3.8, 4) is 0 Å². The van der Waals surface area contributed by atoms with Crippen molar-refractivity contribution in [3.05, 3.63) is 59.2 Å². The first-order chi connectivity index (χ1) is 14.5. The highest BCUT2D eigenvalue weighted by atomic mass is 32.2. The predicted molar refractivity (Wildman–Crippen MR) is 119 cm³/mol. The number of carbonyl (C=O) groups is 1. The van der Waals surface area contributed by atoms with Crippen molar-refractivity contribution in [3.63, 3.8) is 0 Å². The summed E-state index contributed by atoms with van der Waals surface area (Å²) in [5, 5.41) is 2.99. The molecule has 0 spiro atoms. The van der Waals surface area contributed by atoms with Crippen molar-refractivity contribution < 1.29 is 13.2 Å². The van der Waals surface area contributed by atoms with Gasteiger partial charge in [-0.3, -0.25) is 4.79 Å². The minimum Gasteiger partial charge on any atom is -0.324 e. The molecule has 1 amide bonds. The summed E-state index contributed by atoms with van der Waals surface area (Å²) in [4.78, 5) is 13.5. The average molecular weight is 427 g/mol. The maximum Gasteiger partial charge on any atom is 0.243 e. The highest BCUT2D eigenvalue weighted by Gasteiger charge is 2.38. The van der Waals surface area contributed by atoms with Gasteiger partial charge in [-0.25, -0.2) is 8.42 Å². The zero-order chi connectivity index (χ0) is 21.1. The molecule has 4 rings (SSSR count). The summed E-state index contributed by atoms with van der Waals surface area (Å²) in [6.07, 6.45) is 7.18. The monoisotopic (exact) mass is 426 g/mol. The minimum atomic E-state index is -3.73. The highest BCUT2D eigenvalue weighted by Crippen LogP contribution is 2.30. The molecule has 1 fully saturated rings. The smallest absolute Gasteiger partial charge is 0.243 e. The Balaban J connectivity index is 1.60. The van der Waals surface area contributed by atoms with E-state index in [0.29, 0.717) is 17.9 Å². The molecule has 2 aromatic carbocycles. The van der Waals surface area contributed by atoms with Gasteiger partial charge in [-0.2, -0.15) is 4.31 Å². The van der Waals surface area contributed by atoms with Crippen LogP contribution < -0.4 is 5.32 Å². The van der Waals surface area contributed by atoms with Crippen molar-refractivity contribution in [1.29, 1.82) is 0 Å². The van der Waals surface area contributed by atoms with Crippen molar-refractivity contribution in [2.24, 2.45) is 0 Å². The van der Waals surface area contributed by atoms with Gasteiger partial charge >= 0.3 is 0 Å². The number of nitrogens with one attached hydrogen (secondary N) is 1. The van der Waals surface area contributed by atoms with Crippen LogP contribution in [0, 0.1) is 0 Å². The van der Waals surface area contributed by atoms with Gasteiger partial charge in [0, 0.05) is 12.2 Å². The molecular formula is C24H30N2O3S. The van der Waals surface area contributed by atoms with Crippen LogP contribution in [0.1, 0.15) is 55.7 Å². The van der Waals surface area contributed by atoms with Crippen molar-refractivity contribution in [2.75, 3.05) is 11.9 Å². The summed E-state index contributed by atoms with van der Waals surface area (Å²) in [6.45, 7) is 2.42. The quantitative estimate of drug-likeness (QED) is 0.775. The molecule has 0 bridgehead atoms. The third-order valence-corrected chi connectivity index (χ3v) is 8.24. The SMILES string of the molecule is CCc1ccccc1NC(=O)[C@H]1CCCCN1S(=O)(=O)c1ccc2c(c1)CCCC2. The van der Waals surface area contributed by atoms with Gasteiger partial charge in [0.25, 0.3) is 0 Å². The van der Waals surface area contributed by atoms with E-state index in [1.165, 1.54) is 9.87 Å². The summed E-state index contributed by atoms with van der Waals surface area (Å²) in [7, 11) is -3.73. The molecule has 160 valence electrons. The minimum absolute atomic E-state index is 0.239. The number of nitrogens with zero attached hydrogens (tertiary/aromatic N) is 1. The number of aryl methyl sites for hydroxylation is 3. The molecule has 6 heteroatoms. The first kappa shape index (κ1) is 21.1. The van der Waals surface area contributed by atoms with Gasteiger partial charge in [-0.15, -0.1) is 0 Å². The second-order valence-corrected chi connectivity index (χ2v) is 10.2. The normalized spacial score (nSPS) is 19.8.